The molecule has 4 N–H and O–H groups in total. The molecule has 0 aliphatic rings. The number of nitrogens with two attached hydrogens (primary N) is 1. The molecule has 0 aromatic carbocycles. The monoisotopic (exact) mass is 258 g/mol. The van der Waals surface area contributed by atoms with Gasteiger partial charge in [0.15, 0.2) is 0 Å². The van der Waals surface area contributed by atoms with Crippen LogP contribution in [0.5, 0.6) is 0 Å². The van der Waals surface area contributed by atoms with Crippen molar-refractivity contribution < 1.29 is 14.6 Å². The molecule has 1 heterocycles. The molecule has 0 aliphatic carbocycles. The van der Waals surface area contributed by atoms with Crippen molar-refractivity contribution in [2.75, 3.05) is 26.4 Å². The van der Waals surface area contributed by atoms with Crippen LogP contribution in [-0.4, -0.2) is 37.4 Å². The summed E-state index contributed by atoms with van der Waals surface area (Å²) in [7, 11) is 0. The number of aliphatic hydroxyl groups excluding tert-OH is 1. The number of thiophene rings is 1. The second-order valence-electron chi connectivity index (χ2n) is 3.47. The van der Waals surface area contributed by atoms with Crippen LogP contribution < -0.4 is 11.1 Å². The molecule has 17 heavy (non-hydrogen) atoms. The summed E-state index contributed by atoms with van der Waals surface area (Å²) in [5, 5.41) is 13.1. The van der Waals surface area contributed by atoms with Crippen molar-refractivity contribution in [3.8, 4) is 0 Å². The Morgan fingerprint density at radius 1 is 1.59 bits per heavy atom. The third kappa shape index (κ3) is 5.27. The van der Waals surface area contributed by atoms with Gasteiger partial charge in [-0.3, -0.25) is 4.79 Å². The van der Waals surface area contributed by atoms with Gasteiger partial charge in [0.05, 0.1) is 13.2 Å². The van der Waals surface area contributed by atoms with E-state index in [-0.39, 0.29) is 12.5 Å². The second-order valence-corrected chi connectivity index (χ2v) is 4.45. The normalized spacial score (nSPS) is 12.4. The lowest BCUT2D eigenvalue weighted by molar-refractivity contribution is -0.122. The van der Waals surface area contributed by atoms with E-state index < -0.39 is 6.04 Å². The van der Waals surface area contributed by atoms with Crippen molar-refractivity contribution in [3.63, 3.8) is 0 Å². The van der Waals surface area contributed by atoms with Crippen molar-refractivity contribution in [2.45, 2.75) is 12.5 Å². The minimum Gasteiger partial charge on any atom is -0.394 e. The maximum atomic E-state index is 11.6. The topological polar surface area (TPSA) is 84.6 Å². The first-order chi connectivity index (χ1) is 8.25. The number of nitrogens with one attached hydrogen (secondary N) is 1. The average Bonchev–Trinajstić information content (AvgIpc) is 2.86. The van der Waals surface area contributed by atoms with Gasteiger partial charge in [0, 0.05) is 18.0 Å². The highest BCUT2D eigenvalue weighted by Crippen LogP contribution is 2.16. The van der Waals surface area contributed by atoms with Gasteiger partial charge in [0.1, 0.15) is 6.04 Å². The van der Waals surface area contributed by atoms with Crippen molar-refractivity contribution in [2.24, 2.45) is 5.73 Å². The Labute approximate surface area is 105 Å². The molecule has 1 aromatic heterocycles. The summed E-state index contributed by atoms with van der Waals surface area (Å²) in [4.78, 5) is 12.5. The van der Waals surface area contributed by atoms with Crippen LogP contribution >= 0.6 is 11.3 Å². The lowest BCUT2D eigenvalue weighted by Gasteiger charge is -2.10. The van der Waals surface area contributed by atoms with E-state index in [0.717, 1.165) is 4.88 Å². The number of aliphatic hydroxyl groups is 1. The first kappa shape index (κ1) is 14.1. The summed E-state index contributed by atoms with van der Waals surface area (Å²) in [5.41, 5.74) is 5.78. The largest absolute Gasteiger partial charge is 0.394 e. The molecule has 5 nitrogen and oxygen atoms in total. The molecule has 0 saturated heterocycles. The minimum absolute atomic E-state index is 0.0234. The molecule has 96 valence electrons. The van der Waals surface area contributed by atoms with Gasteiger partial charge in [0.25, 0.3) is 0 Å². The maximum absolute atomic E-state index is 11.6. The summed E-state index contributed by atoms with van der Waals surface area (Å²) in [5.74, 6) is -0.172. The third-order valence-electron chi connectivity index (χ3n) is 2.13. The Morgan fingerprint density at radius 2 is 2.41 bits per heavy atom. The molecule has 1 atom stereocenters. The van der Waals surface area contributed by atoms with Crippen molar-refractivity contribution >= 4 is 17.2 Å². The minimum atomic E-state index is -0.589. The zero-order valence-corrected chi connectivity index (χ0v) is 10.4. The molecule has 0 radical (unpaired) electrons. The van der Waals surface area contributed by atoms with E-state index in [2.05, 4.69) is 5.32 Å². The van der Waals surface area contributed by atoms with Crippen LogP contribution in [0.2, 0.25) is 0 Å². The van der Waals surface area contributed by atoms with Gasteiger partial charge in [-0.1, -0.05) is 6.07 Å². The van der Waals surface area contributed by atoms with E-state index in [1.807, 2.05) is 17.5 Å². The Balaban J connectivity index is 2.13. The molecule has 0 fully saturated rings. The maximum Gasteiger partial charge on any atom is 0.242 e. The van der Waals surface area contributed by atoms with Gasteiger partial charge >= 0.3 is 0 Å². The standard InChI is InChI=1S/C11H18N2O3S/c12-10(9-3-1-8-17-9)11(15)13-4-2-6-16-7-5-14/h1,3,8,10,14H,2,4-7,12H2,(H,13,15). The smallest absolute Gasteiger partial charge is 0.242 e. The second kappa shape index (κ2) is 8.19. The van der Waals surface area contributed by atoms with Crippen molar-refractivity contribution in [1.29, 1.82) is 0 Å². The van der Waals surface area contributed by atoms with Gasteiger partial charge in [-0.05, 0) is 17.9 Å². The first-order valence-corrected chi connectivity index (χ1v) is 6.39. The highest BCUT2D eigenvalue weighted by Gasteiger charge is 2.15. The van der Waals surface area contributed by atoms with E-state index in [0.29, 0.717) is 26.2 Å². The summed E-state index contributed by atoms with van der Waals surface area (Å²) >= 11 is 1.47. The Bertz CT molecular complexity index is 317. The van der Waals surface area contributed by atoms with Crippen LogP contribution in [0, 0.1) is 0 Å². The van der Waals surface area contributed by atoms with Gasteiger partial charge in [-0.15, -0.1) is 11.3 Å². The fourth-order valence-corrected chi connectivity index (χ4v) is 1.98. The first-order valence-electron chi connectivity index (χ1n) is 5.51. The summed E-state index contributed by atoms with van der Waals surface area (Å²) in [6.45, 7) is 1.41. The molecule has 1 rings (SSSR count). The van der Waals surface area contributed by atoms with E-state index in [9.17, 15) is 4.79 Å². The van der Waals surface area contributed by atoms with Gasteiger partial charge in [-0.2, -0.15) is 0 Å². The Hall–Kier alpha value is -0.950. The molecule has 1 aromatic rings. The number of amides is 1. The fraction of sp³-hybridized carbons (Fsp3) is 0.545. The SMILES string of the molecule is NC(C(=O)NCCCOCCO)c1cccs1. The number of hydrogen-bond donors (Lipinski definition) is 3. The van der Waals surface area contributed by atoms with E-state index >= 15 is 0 Å². The molecule has 1 unspecified atom stereocenters. The zero-order chi connectivity index (χ0) is 12.5. The van der Waals surface area contributed by atoms with Gasteiger partial charge < -0.3 is 20.9 Å². The molecule has 0 spiro atoms. The zero-order valence-electron chi connectivity index (χ0n) is 9.59. The molecule has 0 bridgehead atoms. The van der Waals surface area contributed by atoms with Crippen LogP contribution in [0.4, 0.5) is 0 Å². The predicted octanol–water partition coefficient (Wildman–Crippen LogP) is 0.263. The highest BCUT2D eigenvalue weighted by atomic mass is 32.1. The highest BCUT2D eigenvalue weighted by molar-refractivity contribution is 7.10. The summed E-state index contributed by atoms with van der Waals surface area (Å²) in [6.07, 6.45) is 0.711. The summed E-state index contributed by atoms with van der Waals surface area (Å²) < 4.78 is 5.07. The molecular weight excluding hydrogens is 240 g/mol. The summed E-state index contributed by atoms with van der Waals surface area (Å²) in [6, 6.07) is 3.13. The Morgan fingerprint density at radius 3 is 3.06 bits per heavy atom. The quantitative estimate of drug-likeness (QED) is 0.584. The number of ether oxygens (including phenoxy) is 1. The van der Waals surface area contributed by atoms with E-state index in [4.69, 9.17) is 15.6 Å². The Kier molecular flexibility index (Phi) is 6.80. The van der Waals surface area contributed by atoms with Crippen LogP contribution in [-0.2, 0) is 9.53 Å². The number of hydrogen-bond acceptors (Lipinski definition) is 5. The van der Waals surface area contributed by atoms with Crippen LogP contribution in [0.25, 0.3) is 0 Å². The third-order valence-corrected chi connectivity index (χ3v) is 3.09. The van der Waals surface area contributed by atoms with Gasteiger partial charge in [-0.25, -0.2) is 0 Å². The van der Waals surface area contributed by atoms with Crippen LogP contribution in [0.15, 0.2) is 17.5 Å². The van der Waals surface area contributed by atoms with Crippen molar-refractivity contribution in [1.82, 2.24) is 5.32 Å². The molecular formula is C11H18N2O3S. The number of carbonyl (C=O) groups excluding carboxylic acids is 1. The van der Waals surface area contributed by atoms with Crippen molar-refractivity contribution in [3.05, 3.63) is 22.4 Å². The van der Waals surface area contributed by atoms with Crippen LogP contribution in [0.3, 0.4) is 0 Å². The molecule has 0 saturated carbocycles. The van der Waals surface area contributed by atoms with E-state index in [1.54, 1.807) is 0 Å². The lowest BCUT2D eigenvalue weighted by atomic mass is 10.2. The van der Waals surface area contributed by atoms with Crippen LogP contribution in [0.1, 0.15) is 17.3 Å². The van der Waals surface area contributed by atoms with Gasteiger partial charge in [0.2, 0.25) is 5.91 Å². The predicted molar refractivity (Wildman–Crippen MR) is 66.8 cm³/mol. The fourth-order valence-electron chi connectivity index (χ4n) is 1.26. The molecule has 0 aliphatic heterocycles. The molecule has 6 heteroatoms. The lowest BCUT2D eigenvalue weighted by Crippen LogP contribution is -2.34. The molecule has 1 amide bonds. The number of carbonyl (C=O) groups is 1. The number of rotatable bonds is 8. The average molecular weight is 258 g/mol. The van der Waals surface area contributed by atoms with E-state index in [1.165, 1.54) is 11.3 Å².